The topological polar surface area (TPSA) is 133 Å². The molecule has 9 heteroatoms. The summed E-state index contributed by atoms with van der Waals surface area (Å²) in [5, 5.41) is 57.6. The van der Waals surface area contributed by atoms with Crippen LogP contribution in [-0.4, -0.2) is 51.6 Å². The first-order chi connectivity index (χ1) is 26.2. The zero-order valence-corrected chi connectivity index (χ0v) is 33.0. The molecule has 0 amide bonds. The molecule has 0 aromatic heterocycles. The van der Waals surface area contributed by atoms with E-state index in [0.29, 0.717) is 56.5 Å². The molecule has 6 bridgehead atoms. The van der Waals surface area contributed by atoms with Gasteiger partial charge in [-0.05, 0) is 59.3 Å². The fourth-order valence-corrected chi connectivity index (χ4v) is 9.92. The smallest absolute Gasteiger partial charge is 0.124 e. The quantitative estimate of drug-likeness (QED) is 0.125. The second kappa shape index (κ2) is 18.2. The number of aryl methyl sites for hydroxylation is 3. The fourth-order valence-electron chi connectivity index (χ4n) is 9.92. The molecule has 3 saturated carbocycles. The van der Waals surface area contributed by atoms with Crippen molar-refractivity contribution in [1.29, 1.82) is 0 Å². The monoisotopic (exact) mass is 739 g/mol. The highest BCUT2D eigenvalue weighted by atomic mass is 16.3. The van der Waals surface area contributed by atoms with E-state index in [1.165, 1.54) is 38.5 Å². The predicted octanol–water partition coefficient (Wildman–Crippen LogP) is 6.61. The summed E-state index contributed by atoms with van der Waals surface area (Å²) in [5.41, 5.74) is 9.13. The first-order valence-corrected chi connectivity index (χ1v) is 21.1. The second-order valence-electron chi connectivity index (χ2n) is 17.1. The van der Waals surface area contributed by atoms with Crippen LogP contribution in [0.2, 0.25) is 0 Å². The molecular weight excluding hydrogens is 673 g/mol. The normalized spacial score (nSPS) is 27.8. The lowest BCUT2D eigenvalue weighted by Crippen LogP contribution is -2.49. The number of nitrogens with one attached hydrogen (secondary N) is 6. The lowest BCUT2D eigenvalue weighted by molar-refractivity contribution is 0.277. The fraction of sp³-hybridized carbons (Fsp3) is 0.600. The highest BCUT2D eigenvalue weighted by Gasteiger charge is 2.29. The van der Waals surface area contributed by atoms with Crippen LogP contribution in [0.5, 0.6) is 17.2 Å². The van der Waals surface area contributed by atoms with E-state index in [2.05, 4.69) is 89.1 Å². The van der Waals surface area contributed by atoms with Gasteiger partial charge >= 0.3 is 0 Å². The van der Waals surface area contributed by atoms with E-state index in [1.54, 1.807) is 0 Å². The largest absolute Gasteiger partial charge is 0.507 e. The van der Waals surface area contributed by atoms with Crippen LogP contribution in [0.25, 0.3) is 0 Å². The Bertz CT molecular complexity index is 1420. The Morgan fingerprint density at radius 1 is 0.333 bits per heavy atom. The number of fused-ring (bicyclic) bond motifs is 9. The third-order valence-electron chi connectivity index (χ3n) is 12.9. The van der Waals surface area contributed by atoms with Gasteiger partial charge < -0.3 is 47.2 Å². The van der Waals surface area contributed by atoms with E-state index < -0.39 is 0 Å². The molecule has 3 aromatic carbocycles. The predicted molar refractivity (Wildman–Crippen MR) is 218 cm³/mol. The van der Waals surface area contributed by atoms with Crippen molar-refractivity contribution in [3.63, 3.8) is 0 Å². The average molecular weight is 739 g/mol. The molecule has 0 saturated heterocycles. The number of rotatable bonds is 0. The van der Waals surface area contributed by atoms with E-state index in [4.69, 9.17) is 0 Å². The second-order valence-corrected chi connectivity index (χ2v) is 17.1. The Balaban J connectivity index is 1.15. The molecule has 0 unspecified atom stereocenters. The Hall–Kier alpha value is -3.18. The average Bonchev–Trinajstić information content (AvgIpc) is 3.17. The van der Waals surface area contributed by atoms with Gasteiger partial charge in [0.2, 0.25) is 0 Å². The van der Waals surface area contributed by atoms with Crippen molar-refractivity contribution < 1.29 is 15.3 Å². The number of aromatic hydroxyl groups is 3. The van der Waals surface area contributed by atoms with Gasteiger partial charge in [0.15, 0.2) is 0 Å². The van der Waals surface area contributed by atoms with Crippen LogP contribution in [-0.2, 0) is 39.3 Å². The summed E-state index contributed by atoms with van der Waals surface area (Å²) >= 11 is 0. The molecule has 294 valence electrons. The lowest BCUT2D eigenvalue weighted by atomic mass is 9.89. The Morgan fingerprint density at radius 2 is 0.500 bits per heavy atom. The van der Waals surface area contributed by atoms with Crippen LogP contribution in [0.15, 0.2) is 36.4 Å². The SMILES string of the molecule is Cc1cc2c(O)c(c1)CN[C@H]1CCCC[C@@H]1NCc1cc(C)cc(c1O)CN[C@H]1CCCC[C@@H]1NCc1cc(C)cc(c1O)CN[C@H]1CCCC[C@@H]1NC2. The van der Waals surface area contributed by atoms with Crippen molar-refractivity contribution >= 4 is 0 Å². The van der Waals surface area contributed by atoms with Gasteiger partial charge in [-0.25, -0.2) is 0 Å². The molecule has 54 heavy (non-hydrogen) atoms. The summed E-state index contributed by atoms with van der Waals surface area (Å²) in [6.45, 7) is 10.0. The van der Waals surface area contributed by atoms with Crippen molar-refractivity contribution in [3.05, 3.63) is 86.5 Å². The molecule has 3 aliphatic carbocycles. The van der Waals surface area contributed by atoms with Crippen LogP contribution < -0.4 is 31.9 Å². The van der Waals surface area contributed by atoms with Gasteiger partial charge in [0, 0.05) is 109 Å². The highest BCUT2D eigenvalue weighted by molar-refractivity contribution is 5.45. The Morgan fingerprint density at radius 3 is 0.667 bits per heavy atom. The van der Waals surface area contributed by atoms with Crippen molar-refractivity contribution in [2.75, 3.05) is 0 Å². The third kappa shape index (κ3) is 9.60. The number of phenolic OH excluding ortho intramolecular Hbond substituents is 3. The zero-order chi connectivity index (χ0) is 37.6. The third-order valence-corrected chi connectivity index (χ3v) is 12.9. The molecule has 3 fully saturated rings. The van der Waals surface area contributed by atoms with E-state index in [1.807, 2.05) is 0 Å². The minimum Gasteiger partial charge on any atom is -0.507 e. The van der Waals surface area contributed by atoms with Crippen LogP contribution in [0.1, 0.15) is 127 Å². The van der Waals surface area contributed by atoms with E-state index in [-0.39, 0.29) is 36.3 Å². The zero-order valence-electron chi connectivity index (χ0n) is 33.0. The van der Waals surface area contributed by atoms with Crippen molar-refractivity contribution in [2.24, 2.45) is 0 Å². The van der Waals surface area contributed by atoms with Gasteiger partial charge in [0.05, 0.1) is 0 Å². The minimum absolute atomic E-state index is 0.282. The maximum absolute atomic E-state index is 11.6. The van der Waals surface area contributed by atoms with Crippen molar-refractivity contribution in [1.82, 2.24) is 31.9 Å². The van der Waals surface area contributed by atoms with Crippen molar-refractivity contribution in [2.45, 2.75) is 173 Å². The van der Waals surface area contributed by atoms with Gasteiger partial charge in [-0.15, -0.1) is 0 Å². The number of phenols is 3. The molecule has 7 rings (SSSR count). The molecule has 1 aliphatic heterocycles. The van der Waals surface area contributed by atoms with Crippen LogP contribution in [0, 0.1) is 20.8 Å². The summed E-state index contributed by atoms with van der Waals surface area (Å²) in [7, 11) is 0. The standard InChI is InChI=1S/C45H66N6O3/c1-28-16-31-22-46-37-10-4-6-12-39(37)48-24-33-18-29(2)20-35(44(33)53)26-50-41-14-8-9-15-42(41)51-27-36-21-30(3)19-34(45(36)54)25-49-40-13-7-5-11-38(40)47-23-32(17-28)43(31)52/h16-21,37-42,46-54H,4-15,22-27H2,1-3H3/t37-,38-,39-,40-,41-,42-/m0/s1. The molecule has 6 atom stereocenters. The first kappa shape index (κ1) is 39.1. The maximum atomic E-state index is 11.6. The lowest BCUT2D eigenvalue weighted by Gasteiger charge is -2.34. The van der Waals surface area contributed by atoms with Crippen LogP contribution in [0.4, 0.5) is 0 Å². The molecule has 9 nitrogen and oxygen atoms in total. The van der Waals surface area contributed by atoms with Gasteiger partial charge in [-0.1, -0.05) is 91.6 Å². The van der Waals surface area contributed by atoms with Crippen LogP contribution >= 0.6 is 0 Å². The number of benzene rings is 3. The summed E-state index contributed by atoms with van der Waals surface area (Å²) in [6, 6.07) is 14.4. The summed E-state index contributed by atoms with van der Waals surface area (Å²) in [6.07, 6.45) is 13.6. The molecular formula is C45H66N6O3. The summed E-state index contributed by atoms with van der Waals surface area (Å²) in [5.74, 6) is 1.15. The van der Waals surface area contributed by atoms with E-state index >= 15 is 0 Å². The van der Waals surface area contributed by atoms with Gasteiger partial charge in [-0.3, -0.25) is 0 Å². The van der Waals surface area contributed by atoms with Gasteiger partial charge in [0.1, 0.15) is 17.2 Å². The molecule has 0 radical (unpaired) electrons. The Labute approximate surface area is 323 Å². The molecule has 1 heterocycles. The van der Waals surface area contributed by atoms with E-state index in [0.717, 1.165) is 88.6 Å². The number of hydrogen-bond donors (Lipinski definition) is 9. The highest BCUT2D eigenvalue weighted by Crippen LogP contribution is 2.31. The van der Waals surface area contributed by atoms with E-state index in [9.17, 15) is 15.3 Å². The maximum Gasteiger partial charge on any atom is 0.124 e. The van der Waals surface area contributed by atoms with Gasteiger partial charge in [-0.2, -0.15) is 0 Å². The molecule has 9 N–H and O–H groups in total. The van der Waals surface area contributed by atoms with Crippen LogP contribution in [0.3, 0.4) is 0 Å². The summed E-state index contributed by atoms with van der Waals surface area (Å²) < 4.78 is 0. The minimum atomic E-state index is 0.282. The number of hydrogen-bond acceptors (Lipinski definition) is 9. The first-order valence-electron chi connectivity index (χ1n) is 21.1. The summed E-state index contributed by atoms with van der Waals surface area (Å²) in [4.78, 5) is 0. The molecule has 3 aromatic rings. The van der Waals surface area contributed by atoms with Crippen molar-refractivity contribution in [3.8, 4) is 17.2 Å². The van der Waals surface area contributed by atoms with Gasteiger partial charge in [0.25, 0.3) is 0 Å². The Kier molecular flexibility index (Phi) is 13.2. The molecule has 4 aliphatic rings. The molecule has 0 spiro atoms.